The van der Waals surface area contributed by atoms with Gasteiger partial charge in [-0.3, -0.25) is 0 Å². The van der Waals surface area contributed by atoms with Gasteiger partial charge in [0.2, 0.25) is 0 Å². The molecule has 1 aromatic heterocycles. The van der Waals surface area contributed by atoms with Crippen LogP contribution >= 0.6 is 11.3 Å². The normalized spacial score (nSPS) is 28.8. The summed E-state index contributed by atoms with van der Waals surface area (Å²) in [5, 5.41) is 14.2. The zero-order valence-electron chi connectivity index (χ0n) is 11.6. The van der Waals surface area contributed by atoms with E-state index >= 15 is 0 Å². The van der Waals surface area contributed by atoms with Crippen LogP contribution in [0.4, 0.5) is 0 Å². The first-order chi connectivity index (χ1) is 8.63. The number of nitrogens with zero attached hydrogens (tertiary/aromatic N) is 1. The number of aliphatic hydroxyl groups is 1. The molecule has 0 amide bonds. The monoisotopic (exact) mass is 267 g/mol. The smallest absolute Gasteiger partial charge is 0.0499 e. The Hall–Kier alpha value is -0.380. The van der Waals surface area contributed by atoms with Crippen molar-refractivity contribution in [3.8, 4) is 0 Å². The van der Waals surface area contributed by atoms with Crippen molar-refractivity contribution in [3.63, 3.8) is 0 Å². The van der Waals surface area contributed by atoms with Crippen molar-refractivity contribution in [2.24, 2.45) is 11.3 Å². The summed E-state index contributed by atoms with van der Waals surface area (Å²) in [6.45, 7) is 4.68. The van der Waals surface area contributed by atoms with Crippen LogP contribution in [0.25, 0.3) is 0 Å². The van der Waals surface area contributed by atoms with Gasteiger partial charge in [0.25, 0.3) is 0 Å². The highest BCUT2D eigenvalue weighted by atomic mass is 32.1. The molecule has 102 valence electrons. The van der Waals surface area contributed by atoms with Crippen LogP contribution in [0.2, 0.25) is 0 Å². The lowest BCUT2D eigenvalue weighted by Crippen LogP contribution is -2.41. The number of thiophene rings is 1. The largest absolute Gasteiger partial charge is 0.396 e. The Kier molecular flexibility index (Phi) is 4.82. The molecule has 1 aliphatic carbocycles. The Morgan fingerprint density at radius 2 is 2.39 bits per heavy atom. The second kappa shape index (κ2) is 6.18. The van der Waals surface area contributed by atoms with Crippen LogP contribution in [0.3, 0.4) is 0 Å². The maximum Gasteiger partial charge on any atom is 0.0499 e. The molecule has 0 saturated heterocycles. The molecule has 0 spiro atoms. The van der Waals surface area contributed by atoms with Crippen molar-refractivity contribution in [2.45, 2.75) is 39.2 Å². The maximum absolute atomic E-state index is 9.81. The Bertz CT molecular complexity index is 351. The molecule has 1 aromatic rings. The Morgan fingerprint density at radius 1 is 1.56 bits per heavy atom. The van der Waals surface area contributed by atoms with Crippen molar-refractivity contribution in [2.75, 3.05) is 20.2 Å². The molecule has 1 N–H and O–H groups in total. The minimum atomic E-state index is 0.141. The number of hydrogen-bond acceptors (Lipinski definition) is 3. The topological polar surface area (TPSA) is 23.5 Å². The van der Waals surface area contributed by atoms with E-state index in [1.807, 2.05) is 0 Å². The van der Waals surface area contributed by atoms with E-state index < -0.39 is 0 Å². The summed E-state index contributed by atoms with van der Waals surface area (Å²) in [4.78, 5) is 2.37. The average Bonchev–Trinajstić information content (AvgIpc) is 2.81. The summed E-state index contributed by atoms with van der Waals surface area (Å²) < 4.78 is 0. The van der Waals surface area contributed by atoms with E-state index in [1.54, 1.807) is 11.3 Å². The van der Waals surface area contributed by atoms with E-state index in [2.05, 4.69) is 35.7 Å². The average molecular weight is 267 g/mol. The zero-order valence-corrected chi connectivity index (χ0v) is 12.4. The summed E-state index contributed by atoms with van der Waals surface area (Å²) in [5.74, 6) is 0.764. The molecule has 18 heavy (non-hydrogen) atoms. The van der Waals surface area contributed by atoms with E-state index in [-0.39, 0.29) is 5.41 Å². The highest BCUT2D eigenvalue weighted by Gasteiger charge is 2.35. The highest BCUT2D eigenvalue weighted by molar-refractivity contribution is 7.07. The van der Waals surface area contributed by atoms with Crippen molar-refractivity contribution < 1.29 is 5.11 Å². The van der Waals surface area contributed by atoms with Gasteiger partial charge >= 0.3 is 0 Å². The standard InChI is InChI=1S/C15H25NOS/c1-13-4-3-6-15(8-13,12-17)11-16(2)9-14-5-7-18-10-14/h5,7,10,13,17H,3-4,6,8-9,11-12H2,1-2H3. The van der Waals surface area contributed by atoms with Gasteiger partial charge in [-0.25, -0.2) is 0 Å². The molecule has 2 atom stereocenters. The molecule has 2 nitrogen and oxygen atoms in total. The molecule has 0 bridgehead atoms. The first kappa shape index (κ1) is 14.0. The number of hydrogen-bond donors (Lipinski definition) is 1. The Morgan fingerprint density at radius 3 is 3.00 bits per heavy atom. The summed E-state index contributed by atoms with van der Waals surface area (Å²) >= 11 is 1.76. The summed E-state index contributed by atoms with van der Waals surface area (Å²) in [6, 6.07) is 2.19. The molecular formula is C15H25NOS. The predicted molar refractivity (Wildman–Crippen MR) is 77.8 cm³/mol. The van der Waals surface area contributed by atoms with Crippen LogP contribution in [0.15, 0.2) is 16.8 Å². The van der Waals surface area contributed by atoms with E-state index in [4.69, 9.17) is 0 Å². The second-order valence-electron chi connectivity index (χ2n) is 6.16. The molecule has 1 heterocycles. The quantitative estimate of drug-likeness (QED) is 0.884. The molecule has 1 aliphatic rings. The van der Waals surface area contributed by atoms with Crippen LogP contribution in [0.5, 0.6) is 0 Å². The van der Waals surface area contributed by atoms with Gasteiger partial charge in [0.15, 0.2) is 0 Å². The molecule has 1 saturated carbocycles. The van der Waals surface area contributed by atoms with Crippen LogP contribution in [-0.2, 0) is 6.54 Å². The fraction of sp³-hybridized carbons (Fsp3) is 0.733. The van der Waals surface area contributed by atoms with Crippen LogP contribution in [0, 0.1) is 11.3 Å². The molecule has 2 unspecified atom stereocenters. The zero-order chi connectivity index (χ0) is 13.0. The van der Waals surface area contributed by atoms with Crippen LogP contribution < -0.4 is 0 Å². The van der Waals surface area contributed by atoms with Gasteiger partial charge in [-0.2, -0.15) is 11.3 Å². The van der Waals surface area contributed by atoms with Crippen LogP contribution in [0.1, 0.15) is 38.2 Å². The van der Waals surface area contributed by atoms with Gasteiger partial charge < -0.3 is 10.0 Å². The van der Waals surface area contributed by atoms with Gasteiger partial charge in [-0.1, -0.05) is 19.8 Å². The molecule has 0 aromatic carbocycles. The lowest BCUT2D eigenvalue weighted by atomic mass is 9.70. The second-order valence-corrected chi connectivity index (χ2v) is 6.94. The van der Waals surface area contributed by atoms with Crippen molar-refractivity contribution in [1.29, 1.82) is 0 Å². The molecule has 3 heteroatoms. The van der Waals surface area contributed by atoms with Gasteiger partial charge in [-0.05, 0) is 48.2 Å². The third-order valence-corrected chi connectivity index (χ3v) is 4.89. The number of rotatable bonds is 5. The first-order valence-electron chi connectivity index (χ1n) is 6.94. The minimum absolute atomic E-state index is 0.141. The fourth-order valence-corrected chi connectivity index (χ4v) is 4.09. The fourth-order valence-electron chi connectivity index (χ4n) is 3.43. The van der Waals surface area contributed by atoms with Crippen molar-refractivity contribution in [3.05, 3.63) is 22.4 Å². The van der Waals surface area contributed by atoms with E-state index in [0.717, 1.165) is 19.0 Å². The molecule has 0 radical (unpaired) electrons. The summed E-state index contributed by atoms with van der Waals surface area (Å²) in [7, 11) is 2.17. The van der Waals surface area contributed by atoms with Crippen LogP contribution in [-0.4, -0.2) is 30.2 Å². The molecular weight excluding hydrogens is 242 g/mol. The van der Waals surface area contributed by atoms with Crippen molar-refractivity contribution in [1.82, 2.24) is 4.90 Å². The molecule has 1 fully saturated rings. The van der Waals surface area contributed by atoms with Gasteiger partial charge in [0, 0.05) is 25.1 Å². The van der Waals surface area contributed by atoms with E-state index in [1.165, 1.54) is 31.2 Å². The third-order valence-electron chi connectivity index (χ3n) is 4.16. The maximum atomic E-state index is 9.81. The molecule has 2 rings (SSSR count). The highest BCUT2D eigenvalue weighted by Crippen LogP contribution is 2.39. The Balaban J connectivity index is 1.92. The van der Waals surface area contributed by atoms with Gasteiger partial charge in [-0.15, -0.1) is 0 Å². The van der Waals surface area contributed by atoms with E-state index in [9.17, 15) is 5.11 Å². The SMILES string of the molecule is CC1CCCC(CO)(CN(C)Cc2ccsc2)C1. The van der Waals surface area contributed by atoms with Gasteiger partial charge in [0.1, 0.15) is 0 Å². The lowest BCUT2D eigenvalue weighted by molar-refractivity contribution is 0.0290. The third kappa shape index (κ3) is 3.56. The summed E-state index contributed by atoms with van der Waals surface area (Å²) in [6.07, 6.45) is 4.96. The van der Waals surface area contributed by atoms with E-state index in [0.29, 0.717) is 6.61 Å². The molecule has 0 aliphatic heterocycles. The van der Waals surface area contributed by atoms with Crippen molar-refractivity contribution >= 4 is 11.3 Å². The lowest BCUT2D eigenvalue weighted by Gasteiger charge is -2.41. The van der Waals surface area contributed by atoms with Gasteiger partial charge in [0.05, 0.1) is 0 Å². The number of aliphatic hydroxyl groups excluding tert-OH is 1. The summed E-state index contributed by atoms with van der Waals surface area (Å²) in [5.41, 5.74) is 1.53. The minimum Gasteiger partial charge on any atom is -0.396 e. The first-order valence-corrected chi connectivity index (χ1v) is 7.88. The Labute approximate surface area is 115 Å². The predicted octanol–water partition coefficient (Wildman–Crippen LogP) is 3.37.